The summed E-state index contributed by atoms with van der Waals surface area (Å²) in [5, 5.41) is 25.5. The molecular formula is C18H23IN4O2. The van der Waals surface area contributed by atoms with Gasteiger partial charge in [-0.25, -0.2) is 4.99 Å². The number of hydrogen-bond acceptors (Lipinski definition) is 4. The minimum atomic E-state index is -1.13. The Labute approximate surface area is 165 Å². The first-order valence-electron chi connectivity index (χ1n) is 7.82. The van der Waals surface area contributed by atoms with Gasteiger partial charge in [0.15, 0.2) is 5.96 Å². The van der Waals surface area contributed by atoms with Gasteiger partial charge in [-0.2, -0.15) is 5.26 Å². The predicted molar refractivity (Wildman–Crippen MR) is 108 cm³/mol. The van der Waals surface area contributed by atoms with E-state index in [0.29, 0.717) is 30.4 Å². The Kier molecular flexibility index (Phi) is 8.45. The van der Waals surface area contributed by atoms with Gasteiger partial charge in [0.05, 0.1) is 31.0 Å². The number of hydrogen-bond donors (Lipinski definition) is 3. The molecule has 6 nitrogen and oxygen atoms in total. The van der Waals surface area contributed by atoms with Crippen molar-refractivity contribution in [1.82, 2.24) is 10.6 Å². The number of nitrogens with one attached hydrogen (secondary N) is 2. The lowest BCUT2D eigenvalue weighted by Gasteiger charge is -2.22. The van der Waals surface area contributed by atoms with Crippen LogP contribution in [0.2, 0.25) is 0 Å². The van der Waals surface area contributed by atoms with Crippen molar-refractivity contribution >= 4 is 29.9 Å². The van der Waals surface area contributed by atoms with Crippen LogP contribution in [0.4, 0.5) is 0 Å². The van der Waals surface area contributed by atoms with Crippen molar-refractivity contribution in [3.05, 3.63) is 59.5 Å². The standard InChI is InChI=1S/C18H22N4O2.HI/c1-3-20-17(21-12-15-8-6-14(11-19)7-9-15)22-13-18(2,23)16-5-4-10-24-16;/h4-10,23H,3,12-13H2,1-2H3,(H2,20,21,22);1H. The van der Waals surface area contributed by atoms with E-state index >= 15 is 0 Å². The molecule has 0 aliphatic rings. The fourth-order valence-electron chi connectivity index (χ4n) is 2.12. The van der Waals surface area contributed by atoms with Crippen molar-refractivity contribution in [3.63, 3.8) is 0 Å². The smallest absolute Gasteiger partial charge is 0.191 e. The first-order valence-corrected chi connectivity index (χ1v) is 7.82. The fraction of sp³-hybridized carbons (Fsp3) is 0.333. The van der Waals surface area contributed by atoms with E-state index in [9.17, 15) is 5.11 Å². The molecular weight excluding hydrogens is 431 g/mol. The van der Waals surface area contributed by atoms with Crippen molar-refractivity contribution in [3.8, 4) is 6.07 Å². The minimum Gasteiger partial charge on any atom is -0.466 e. The molecule has 1 unspecified atom stereocenters. The first-order chi connectivity index (χ1) is 11.5. The molecule has 0 spiro atoms. The number of aliphatic imine (C=N–C) groups is 1. The lowest BCUT2D eigenvalue weighted by atomic mass is 10.0. The third kappa shape index (κ3) is 6.40. The second kappa shape index (κ2) is 10.1. The lowest BCUT2D eigenvalue weighted by Crippen LogP contribution is -2.44. The number of benzene rings is 1. The molecule has 1 aromatic carbocycles. The molecule has 1 atom stereocenters. The Hall–Kier alpha value is -2.05. The first kappa shape index (κ1) is 21.0. The van der Waals surface area contributed by atoms with E-state index < -0.39 is 5.60 Å². The summed E-state index contributed by atoms with van der Waals surface area (Å²) < 4.78 is 5.27. The highest BCUT2D eigenvalue weighted by Crippen LogP contribution is 2.19. The van der Waals surface area contributed by atoms with Crippen LogP contribution >= 0.6 is 24.0 Å². The Morgan fingerprint density at radius 3 is 2.56 bits per heavy atom. The van der Waals surface area contributed by atoms with Gasteiger partial charge in [0.2, 0.25) is 0 Å². The quantitative estimate of drug-likeness (QED) is 0.355. The van der Waals surface area contributed by atoms with Crippen LogP contribution in [0, 0.1) is 11.3 Å². The molecule has 0 saturated carbocycles. The van der Waals surface area contributed by atoms with Gasteiger partial charge < -0.3 is 20.2 Å². The summed E-state index contributed by atoms with van der Waals surface area (Å²) in [5.74, 6) is 1.10. The molecule has 0 aliphatic heterocycles. The molecule has 1 heterocycles. The largest absolute Gasteiger partial charge is 0.466 e. The zero-order valence-corrected chi connectivity index (χ0v) is 16.7. The van der Waals surface area contributed by atoms with Crippen molar-refractivity contribution < 1.29 is 9.52 Å². The van der Waals surface area contributed by atoms with Gasteiger partial charge in [-0.05, 0) is 43.7 Å². The van der Waals surface area contributed by atoms with Gasteiger partial charge >= 0.3 is 0 Å². The summed E-state index contributed by atoms with van der Waals surface area (Å²) in [5.41, 5.74) is 0.500. The molecule has 134 valence electrons. The molecule has 7 heteroatoms. The maximum Gasteiger partial charge on any atom is 0.191 e. The van der Waals surface area contributed by atoms with Crippen LogP contribution in [0.25, 0.3) is 0 Å². The molecule has 0 radical (unpaired) electrons. The zero-order valence-electron chi connectivity index (χ0n) is 14.3. The summed E-state index contributed by atoms with van der Waals surface area (Å²) in [6.07, 6.45) is 1.54. The number of nitrogens with zero attached hydrogens (tertiary/aromatic N) is 2. The second-order valence-corrected chi connectivity index (χ2v) is 5.61. The molecule has 0 aliphatic carbocycles. The highest BCUT2D eigenvalue weighted by molar-refractivity contribution is 14.0. The van der Waals surface area contributed by atoms with Gasteiger partial charge in [0, 0.05) is 6.54 Å². The zero-order chi connectivity index (χ0) is 17.4. The Morgan fingerprint density at radius 2 is 2.00 bits per heavy atom. The molecule has 2 rings (SSSR count). The van der Waals surface area contributed by atoms with E-state index in [2.05, 4.69) is 21.7 Å². The van der Waals surface area contributed by atoms with Crippen LogP contribution in [-0.4, -0.2) is 24.2 Å². The van der Waals surface area contributed by atoms with Gasteiger partial charge in [-0.1, -0.05) is 12.1 Å². The Morgan fingerprint density at radius 1 is 1.28 bits per heavy atom. The van der Waals surface area contributed by atoms with E-state index in [1.807, 2.05) is 19.1 Å². The molecule has 0 amide bonds. The van der Waals surface area contributed by atoms with E-state index in [-0.39, 0.29) is 30.5 Å². The van der Waals surface area contributed by atoms with Crippen molar-refractivity contribution in [2.75, 3.05) is 13.1 Å². The predicted octanol–water partition coefficient (Wildman–Crippen LogP) is 2.73. The SMILES string of the molecule is CCNC(=NCc1ccc(C#N)cc1)NCC(C)(O)c1ccco1.I. The average molecular weight is 454 g/mol. The number of halogens is 1. The topological polar surface area (TPSA) is 93.6 Å². The number of nitriles is 1. The second-order valence-electron chi connectivity index (χ2n) is 5.61. The van der Waals surface area contributed by atoms with Gasteiger partial charge in [0.1, 0.15) is 11.4 Å². The van der Waals surface area contributed by atoms with Crippen molar-refractivity contribution in [2.45, 2.75) is 26.0 Å². The van der Waals surface area contributed by atoms with Crippen LogP contribution in [-0.2, 0) is 12.1 Å². The number of aliphatic hydroxyl groups is 1. The average Bonchev–Trinajstić information content (AvgIpc) is 3.13. The highest BCUT2D eigenvalue weighted by Gasteiger charge is 2.26. The lowest BCUT2D eigenvalue weighted by molar-refractivity contribution is 0.0386. The van der Waals surface area contributed by atoms with Crippen LogP contribution in [0.5, 0.6) is 0 Å². The van der Waals surface area contributed by atoms with Crippen LogP contribution < -0.4 is 10.6 Å². The van der Waals surface area contributed by atoms with E-state index in [1.165, 1.54) is 6.26 Å². The van der Waals surface area contributed by atoms with Crippen molar-refractivity contribution in [1.29, 1.82) is 5.26 Å². The molecule has 2 aromatic rings. The van der Waals surface area contributed by atoms with E-state index in [0.717, 1.165) is 5.56 Å². The third-order valence-electron chi connectivity index (χ3n) is 3.50. The highest BCUT2D eigenvalue weighted by atomic mass is 127. The molecule has 3 N–H and O–H groups in total. The summed E-state index contributed by atoms with van der Waals surface area (Å²) in [4.78, 5) is 4.49. The van der Waals surface area contributed by atoms with Gasteiger partial charge in [0.25, 0.3) is 0 Å². The van der Waals surface area contributed by atoms with Crippen LogP contribution in [0.1, 0.15) is 30.7 Å². The number of rotatable bonds is 6. The summed E-state index contributed by atoms with van der Waals surface area (Å²) in [6, 6.07) is 12.9. The van der Waals surface area contributed by atoms with Gasteiger partial charge in [-0.3, -0.25) is 0 Å². The van der Waals surface area contributed by atoms with E-state index in [1.54, 1.807) is 31.2 Å². The maximum absolute atomic E-state index is 10.5. The number of furan rings is 1. The summed E-state index contributed by atoms with van der Waals surface area (Å²) >= 11 is 0. The third-order valence-corrected chi connectivity index (χ3v) is 3.50. The molecule has 1 aromatic heterocycles. The van der Waals surface area contributed by atoms with E-state index in [4.69, 9.17) is 9.68 Å². The normalized spacial score (nSPS) is 13.3. The van der Waals surface area contributed by atoms with Gasteiger partial charge in [-0.15, -0.1) is 24.0 Å². The maximum atomic E-state index is 10.5. The van der Waals surface area contributed by atoms with Crippen LogP contribution in [0.15, 0.2) is 52.1 Å². The summed E-state index contributed by atoms with van der Waals surface area (Å²) in [6.45, 7) is 5.11. The minimum absolute atomic E-state index is 0. The van der Waals surface area contributed by atoms with Crippen LogP contribution in [0.3, 0.4) is 0 Å². The summed E-state index contributed by atoms with van der Waals surface area (Å²) in [7, 11) is 0. The molecule has 0 fully saturated rings. The number of guanidine groups is 1. The van der Waals surface area contributed by atoms with Crippen molar-refractivity contribution in [2.24, 2.45) is 4.99 Å². The Balaban J connectivity index is 0.00000312. The fourth-order valence-corrected chi connectivity index (χ4v) is 2.12. The Bertz CT molecular complexity index is 704. The molecule has 25 heavy (non-hydrogen) atoms. The molecule has 0 saturated heterocycles. The molecule has 0 bridgehead atoms. The monoisotopic (exact) mass is 454 g/mol.